The lowest BCUT2D eigenvalue weighted by Gasteiger charge is -1.94. The first-order valence-corrected chi connectivity index (χ1v) is 3.41. The summed E-state index contributed by atoms with van der Waals surface area (Å²) in [4.78, 5) is 7.15. The predicted molar refractivity (Wildman–Crippen MR) is 38.7 cm³/mol. The number of ether oxygens (including phenoxy) is 1. The van der Waals surface area contributed by atoms with Gasteiger partial charge in [0.25, 0.3) is 0 Å². The summed E-state index contributed by atoms with van der Waals surface area (Å²) >= 11 is 0. The van der Waals surface area contributed by atoms with E-state index in [1.807, 2.05) is 13.8 Å². The van der Waals surface area contributed by atoms with E-state index in [-0.39, 0.29) is 0 Å². The summed E-state index contributed by atoms with van der Waals surface area (Å²) in [7, 11) is 0. The Kier molecular flexibility index (Phi) is 2.45. The van der Waals surface area contributed by atoms with E-state index in [1.54, 1.807) is 6.20 Å². The molecular formula is C7H12N2O. The van der Waals surface area contributed by atoms with Gasteiger partial charge in [-0.2, -0.15) is 0 Å². The largest absolute Gasteiger partial charge is 0.374 e. The molecule has 56 valence electrons. The third-order valence-corrected chi connectivity index (χ3v) is 1.20. The highest BCUT2D eigenvalue weighted by Crippen LogP contribution is 1.95. The van der Waals surface area contributed by atoms with Crippen molar-refractivity contribution in [3.63, 3.8) is 0 Å². The molecule has 0 fully saturated rings. The number of rotatable bonds is 3. The average molecular weight is 140 g/mol. The number of aromatic nitrogens is 2. The van der Waals surface area contributed by atoms with Crippen LogP contribution in [0.4, 0.5) is 0 Å². The van der Waals surface area contributed by atoms with Crippen LogP contribution in [0.25, 0.3) is 0 Å². The molecule has 10 heavy (non-hydrogen) atoms. The van der Waals surface area contributed by atoms with E-state index in [4.69, 9.17) is 4.74 Å². The number of hydrogen-bond acceptors (Lipinski definition) is 2. The van der Waals surface area contributed by atoms with E-state index in [0.29, 0.717) is 6.61 Å². The van der Waals surface area contributed by atoms with Gasteiger partial charge < -0.3 is 9.72 Å². The van der Waals surface area contributed by atoms with Crippen molar-refractivity contribution in [1.29, 1.82) is 0 Å². The van der Waals surface area contributed by atoms with Crippen LogP contribution in [-0.4, -0.2) is 16.6 Å². The van der Waals surface area contributed by atoms with Gasteiger partial charge in [-0.3, -0.25) is 0 Å². The van der Waals surface area contributed by atoms with Gasteiger partial charge in [-0.25, -0.2) is 4.98 Å². The molecule has 0 aromatic carbocycles. The van der Waals surface area contributed by atoms with E-state index in [9.17, 15) is 0 Å². The molecule has 1 aromatic rings. The Morgan fingerprint density at radius 2 is 2.50 bits per heavy atom. The molecule has 0 radical (unpaired) electrons. The van der Waals surface area contributed by atoms with E-state index < -0.39 is 0 Å². The van der Waals surface area contributed by atoms with Gasteiger partial charge in [-0.15, -0.1) is 0 Å². The van der Waals surface area contributed by atoms with Crippen molar-refractivity contribution in [2.24, 2.45) is 0 Å². The summed E-state index contributed by atoms with van der Waals surface area (Å²) in [5, 5.41) is 0. The highest BCUT2D eigenvalue weighted by atomic mass is 16.5. The molecule has 1 aromatic heterocycles. The molecule has 3 heteroatoms. The smallest absolute Gasteiger partial charge is 0.132 e. The summed E-state index contributed by atoms with van der Waals surface area (Å²) in [5.74, 6) is 0.902. The second-order valence-electron chi connectivity index (χ2n) is 2.15. The third kappa shape index (κ3) is 1.84. The SMILES string of the molecule is CCOCc1ncc(C)[nH]1. The van der Waals surface area contributed by atoms with Crippen molar-refractivity contribution in [3.8, 4) is 0 Å². The second kappa shape index (κ2) is 3.37. The van der Waals surface area contributed by atoms with Crippen LogP contribution in [0.2, 0.25) is 0 Å². The average Bonchev–Trinajstić information content (AvgIpc) is 2.31. The first kappa shape index (κ1) is 7.28. The van der Waals surface area contributed by atoms with Crippen LogP contribution < -0.4 is 0 Å². The lowest BCUT2D eigenvalue weighted by molar-refractivity contribution is 0.129. The van der Waals surface area contributed by atoms with Crippen LogP contribution in [0, 0.1) is 6.92 Å². The van der Waals surface area contributed by atoms with E-state index in [0.717, 1.165) is 18.1 Å². The van der Waals surface area contributed by atoms with Gasteiger partial charge in [0.2, 0.25) is 0 Å². The Balaban J connectivity index is 2.42. The van der Waals surface area contributed by atoms with Crippen molar-refractivity contribution in [1.82, 2.24) is 9.97 Å². The summed E-state index contributed by atoms with van der Waals surface area (Å²) in [5.41, 5.74) is 1.08. The number of aryl methyl sites for hydroxylation is 1. The predicted octanol–water partition coefficient (Wildman–Crippen LogP) is 1.25. The normalized spacial score (nSPS) is 10.2. The second-order valence-corrected chi connectivity index (χ2v) is 2.15. The molecule has 0 aliphatic rings. The third-order valence-electron chi connectivity index (χ3n) is 1.20. The number of aromatic amines is 1. The minimum Gasteiger partial charge on any atom is -0.374 e. The molecule has 1 rings (SSSR count). The van der Waals surface area contributed by atoms with E-state index in [1.165, 1.54) is 0 Å². The van der Waals surface area contributed by atoms with Crippen LogP contribution >= 0.6 is 0 Å². The quantitative estimate of drug-likeness (QED) is 0.686. The molecule has 0 saturated heterocycles. The fraction of sp³-hybridized carbons (Fsp3) is 0.571. The Morgan fingerprint density at radius 1 is 1.70 bits per heavy atom. The minimum absolute atomic E-state index is 0.588. The van der Waals surface area contributed by atoms with Gasteiger partial charge in [-0.05, 0) is 13.8 Å². The molecule has 0 atom stereocenters. The molecule has 0 amide bonds. The zero-order valence-corrected chi connectivity index (χ0v) is 6.35. The zero-order valence-electron chi connectivity index (χ0n) is 6.35. The van der Waals surface area contributed by atoms with Crippen LogP contribution in [0.1, 0.15) is 18.4 Å². The molecule has 1 N–H and O–H groups in total. The lowest BCUT2D eigenvalue weighted by Crippen LogP contribution is -1.93. The standard InChI is InChI=1S/C7H12N2O/c1-3-10-5-7-8-4-6(2)9-7/h4H,3,5H2,1-2H3,(H,8,9). The molecular weight excluding hydrogens is 128 g/mol. The molecule has 0 aliphatic heterocycles. The first-order chi connectivity index (χ1) is 4.83. The zero-order chi connectivity index (χ0) is 7.40. The van der Waals surface area contributed by atoms with Crippen LogP contribution in [0.3, 0.4) is 0 Å². The number of H-pyrrole nitrogens is 1. The molecule has 0 spiro atoms. The number of imidazole rings is 1. The number of hydrogen-bond donors (Lipinski definition) is 1. The fourth-order valence-corrected chi connectivity index (χ4v) is 0.739. The molecule has 0 aliphatic carbocycles. The Labute approximate surface area is 60.4 Å². The topological polar surface area (TPSA) is 37.9 Å². The highest BCUT2D eigenvalue weighted by Gasteiger charge is 1.94. The Bertz CT molecular complexity index is 195. The fourth-order valence-electron chi connectivity index (χ4n) is 0.739. The summed E-state index contributed by atoms with van der Waals surface area (Å²) in [6.45, 7) is 5.27. The maximum absolute atomic E-state index is 5.14. The molecule has 0 saturated carbocycles. The maximum atomic E-state index is 5.14. The number of nitrogens with one attached hydrogen (secondary N) is 1. The van der Waals surface area contributed by atoms with Crippen LogP contribution in [0.15, 0.2) is 6.20 Å². The van der Waals surface area contributed by atoms with Gasteiger partial charge in [0.15, 0.2) is 0 Å². The maximum Gasteiger partial charge on any atom is 0.132 e. The summed E-state index contributed by atoms with van der Waals surface area (Å²) in [6.07, 6.45) is 1.80. The van der Waals surface area contributed by atoms with E-state index in [2.05, 4.69) is 9.97 Å². The van der Waals surface area contributed by atoms with Gasteiger partial charge in [0.1, 0.15) is 12.4 Å². The van der Waals surface area contributed by atoms with Gasteiger partial charge in [-0.1, -0.05) is 0 Å². The Hall–Kier alpha value is -0.830. The molecule has 1 heterocycles. The summed E-state index contributed by atoms with van der Waals surface area (Å²) in [6, 6.07) is 0. The minimum atomic E-state index is 0.588. The van der Waals surface area contributed by atoms with Crippen molar-refractivity contribution < 1.29 is 4.74 Å². The van der Waals surface area contributed by atoms with Gasteiger partial charge >= 0.3 is 0 Å². The van der Waals surface area contributed by atoms with Crippen molar-refractivity contribution in [3.05, 3.63) is 17.7 Å². The van der Waals surface area contributed by atoms with Crippen molar-refractivity contribution in [2.75, 3.05) is 6.61 Å². The Morgan fingerprint density at radius 3 is 3.00 bits per heavy atom. The number of nitrogens with zero attached hydrogens (tertiary/aromatic N) is 1. The van der Waals surface area contributed by atoms with Gasteiger partial charge in [0, 0.05) is 18.5 Å². The van der Waals surface area contributed by atoms with E-state index >= 15 is 0 Å². The van der Waals surface area contributed by atoms with Crippen LogP contribution in [-0.2, 0) is 11.3 Å². The highest BCUT2D eigenvalue weighted by molar-refractivity contribution is 4.96. The molecule has 0 bridgehead atoms. The monoisotopic (exact) mass is 140 g/mol. The molecule has 3 nitrogen and oxygen atoms in total. The van der Waals surface area contributed by atoms with Crippen molar-refractivity contribution >= 4 is 0 Å². The molecule has 0 unspecified atom stereocenters. The van der Waals surface area contributed by atoms with Gasteiger partial charge in [0.05, 0.1) is 0 Å². The van der Waals surface area contributed by atoms with Crippen LogP contribution in [0.5, 0.6) is 0 Å². The lowest BCUT2D eigenvalue weighted by atomic mass is 10.6. The van der Waals surface area contributed by atoms with Crippen molar-refractivity contribution in [2.45, 2.75) is 20.5 Å². The first-order valence-electron chi connectivity index (χ1n) is 3.41. The summed E-state index contributed by atoms with van der Waals surface area (Å²) < 4.78 is 5.14.